The van der Waals surface area contributed by atoms with E-state index in [9.17, 15) is 4.79 Å². The Hall–Kier alpha value is -1.76. The maximum atomic E-state index is 12.8. The molecule has 4 saturated carbocycles. The van der Waals surface area contributed by atoms with E-state index in [0.717, 1.165) is 29.6 Å². The van der Waals surface area contributed by atoms with E-state index in [0.29, 0.717) is 10.7 Å². The average molecular weight is 416 g/mol. The highest BCUT2D eigenvalue weighted by atomic mass is 79.9. The molecule has 0 unspecified atom stereocenters. The summed E-state index contributed by atoms with van der Waals surface area (Å²) in [7, 11) is 0. The molecule has 2 atom stereocenters. The first-order chi connectivity index (χ1) is 12.5. The van der Waals surface area contributed by atoms with Crippen molar-refractivity contribution < 1.29 is 4.79 Å². The Labute approximate surface area is 160 Å². The molecule has 136 valence electrons. The molecule has 4 bridgehead atoms. The van der Waals surface area contributed by atoms with Crippen molar-refractivity contribution in [2.75, 3.05) is 5.32 Å². The van der Waals surface area contributed by atoms with Gasteiger partial charge in [0.1, 0.15) is 6.33 Å². The molecule has 0 saturated heterocycles. The molecule has 1 heterocycles. The van der Waals surface area contributed by atoms with Crippen LogP contribution in [0.2, 0.25) is 0 Å². The van der Waals surface area contributed by atoms with E-state index < -0.39 is 0 Å². The number of benzene rings is 1. The number of hydrogen-bond acceptors (Lipinski definition) is 4. The van der Waals surface area contributed by atoms with Gasteiger partial charge in [-0.15, -0.1) is 5.10 Å². The second-order valence-electron chi connectivity index (χ2n) is 8.64. The molecule has 0 radical (unpaired) electrons. The molecule has 6 nitrogen and oxygen atoms in total. The van der Waals surface area contributed by atoms with Crippen LogP contribution in [0.25, 0.3) is 5.69 Å². The van der Waals surface area contributed by atoms with Crippen LogP contribution in [-0.2, 0) is 4.79 Å². The summed E-state index contributed by atoms with van der Waals surface area (Å²) < 4.78 is 1.89. The Balaban J connectivity index is 1.26. The third-order valence-electron chi connectivity index (χ3n) is 6.41. The zero-order chi connectivity index (χ0) is 17.8. The number of amides is 1. The number of alkyl halides is 1. The van der Waals surface area contributed by atoms with Crippen molar-refractivity contribution in [3.8, 4) is 5.69 Å². The van der Waals surface area contributed by atoms with Crippen LogP contribution in [-0.4, -0.2) is 30.4 Å². The molecular formula is C19H22BrN5O. The minimum atomic E-state index is 0.137. The highest BCUT2D eigenvalue weighted by Gasteiger charge is 2.57. The monoisotopic (exact) mass is 415 g/mol. The summed E-state index contributed by atoms with van der Waals surface area (Å²) in [6, 6.07) is 7.62. The Bertz CT molecular complexity index is 805. The minimum absolute atomic E-state index is 0.137. The lowest BCUT2D eigenvalue weighted by Crippen LogP contribution is -2.53. The van der Waals surface area contributed by atoms with Gasteiger partial charge in [-0.05, 0) is 90.5 Å². The second kappa shape index (κ2) is 5.87. The van der Waals surface area contributed by atoms with E-state index in [1.165, 1.54) is 32.1 Å². The maximum absolute atomic E-state index is 12.8. The van der Waals surface area contributed by atoms with Gasteiger partial charge in [0, 0.05) is 16.4 Å². The van der Waals surface area contributed by atoms with Crippen molar-refractivity contribution in [3.05, 3.63) is 30.6 Å². The Morgan fingerprint density at radius 2 is 1.92 bits per heavy atom. The van der Waals surface area contributed by atoms with E-state index in [-0.39, 0.29) is 11.3 Å². The third-order valence-corrected chi connectivity index (χ3v) is 7.34. The Kier molecular flexibility index (Phi) is 3.71. The van der Waals surface area contributed by atoms with Gasteiger partial charge in [0.2, 0.25) is 5.91 Å². The van der Waals surface area contributed by atoms with Crippen molar-refractivity contribution in [2.24, 2.45) is 17.3 Å². The highest BCUT2D eigenvalue weighted by molar-refractivity contribution is 9.10. The van der Waals surface area contributed by atoms with Gasteiger partial charge in [0.05, 0.1) is 5.69 Å². The predicted octanol–water partition coefficient (Wildman–Crippen LogP) is 3.72. The van der Waals surface area contributed by atoms with E-state index in [2.05, 4.69) is 36.8 Å². The number of rotatable bonds is 4. The van der Waals surface area contributed by atoms with Gasteiger partial charge in [-0.2, -0.15) is 0 Å². The number of anilines is 1. The van der Waals surface area contributed by atoms with Crippen LogP contribution >= 0.6 is 15.9 Å². The van der Waals surface area contributed by atoms with Crippen LogP contribution in [0, 0.1) is 17.3 Å². The van der Waals surface area contributed by atoms with Gasteiger partial charge in [0.25, 0.3) is 0 Å². The molecule has 0 aliphatic heterocycles. The Morgan fingerprint density at radius 1 is 1.19 bits per heavy atom. The fourth-order valence-corrected chi connectivity index (χ4v) is 7.58. The molecule has 1 amide bonds. The molecule has 1 aromatic carbocycles. The molecule has 2 aromatic rings. The van der Waals surface area contributed by atoms with Crippen LogP contribution in [0.1, 0.15) is 44.9 Å². The van der Waals surface area contributed by atoms with Crippen LogP contribution in [0.5, 0.6) is 0 Å². The lowest BCUT2D eigenvalue weighted by molar-refractivity contribution is -0.123. The first kappa shape index (κ1) is 16.4. The zero-order valence-electron chi connectivity index (χ0n) is 14.6. The van der Waals surface area contributed by atoms with E-state index in [1.54, 1.807) is 11.0 Å². The number of carbonyl (C=O) groups is 1. The molecule has 4 aliphatic rings. The second-order valence-corrected chi connectivity index (χ2v) is 10.3. The molecule has 6 rings (SSSR count). The SMILES string of the molecule is O=C(CC12C[C@H]3C[C@@H](CC(Br)(C3)C1)C2)Nc1ccc(-n2cnnn2)cc1. The number of tetrazole rings is 1. The van der Waals surface area contributed by atoms with Crippen molar-refractivity contribution in [2.45, 2.75) is 49.3 Å². The van der Waals surface area contributed by atoms with Crippen LogP contribution in [0.4, 0.5) is 5.69 Å². The number of halogens is 1. The molecule has 26 heavy (non-hydrogen) atoms. The maximum Gasteiger partial charge on any atom is 0.224 e. The van der Waals surface area contributed by atoms with Gasteiger partial charge in [-0.3, -0.25) is 4.79 Å². The van der Waals surface area contributed by atoms with Crippen LogP contribution in [0.15, 0.2) is 30.6 Å². The molecular weight excluding hydrogens is 394 g/mol. The molecule has 0 spiro atoms. The molecule has 1 N–H and O–H groups in total. The summed E-state index contributed by atoms with van der Waals surface area (Å²) in [5.74, 6) is 1.75. The third kappa shape index (κ3) is 2.96. The number of carbonyl (C=O) groups excluding carboxylic acids is 1. The van der Waals surface area contributed by atoms with Crippen LogP contribution in [0.3, 0.4) is 0 Å². The number of nitrogens with zero attached hydrogens (tertiary/aromatic N) is 4. The first-order valence-electron chi connectivity index (χ1n) is 9.33. The number of hydrogen-bond donors (Lipinski definition) is 1. The summed E-state index contributed by atoms with van der Waals surface area (Å²) >= 11 is 4.03. The largest absolute Gasteiger partial charge is 0.326 e. The number of aromatic nitrogens is 4. The van der Waals surface area contributed by atoms with Gasteiger partial charge in [-0.25, -0.2) is 4.68 Å². The topological polar surface area (TPSA) is 72.7 Å². The van der Waals surface area contributed by atoms with Gasteiger partial charge >= 0.3 is 0 Å². The summed E-state index contributed by atoms with van der Waals surface area (Å²) in [6.07, 6.45) is 9.76. The van der Waals surface area contributed by atoms with Crippen molar-refractivity contribution in [1.82, 2.24) is 20.2 Å². The summed E-state index contributed by atoms with van der Waals surface area (Å²) in [5.41, 5.74) is 1.89. The van der Waals surface area contributed by atoms with Gasteiger partial charge in [0.15, 0.2) is 0 Å². The highest BCUT2D eigenvalue weighted by Crippen LogP contribution is 2.65. The fourth-order valence-electron chi connectivity index (χ4n) is 6.07. The molecule has 4 fully saturated rings. The summed E-state index contributed by atoms with van der Waals surface area (Å²) in [6.45, 7) is 0. The lowest BCUT2D eigenvalue weighted by atomic mass is 9.48. The predicted molar refractivity (Wildman–Crippen MR) is 101 cm³/mol. The van der Waals surface area contributed by atoms with E-state index in [4.69, 9.17) is 0 Å². The average Bonchev–Trinajstić information content (AvgIpc) is 3.07. The number of nitrogens with one attached hydrogen (secondary N) is 1. The zero-order valence-corrected chi connectivity index (χ0v) is 16.2. The van der Waals surface area contributed by atoms with Gasteiger partial charge < -0.3 is 5.32 Å². The van der Waals surface area contributed by atoms with E-state index in [1.807, 2.05) is 24.3 Å². The standard InChI is InChI=1S/C19H22BrN5O/c20-19-8-13-5-14(9-19)7-18(6-13,11-19)10-17(26)22-15-1-3-16(4-2-15)25-12-21-23-24-25/h1-4,12-14H,5-11H2,(H,22,26)/t13-,14-,18?,19?/m1/s1. The fraction of sp³-hybridized carbons (Fsp3) is 0.579. The summed E-state index contributed by atoms with van der Waals surface area (Å²) in [5, 5.41) is 14.2. The van der Waals surface area contributed by atoms with Crippen LogP contribution < -0.4 is 5.32 Å². The quantitative estimate of drug-likeness (QED) is 0.772. The smallest absolute Gasteiger partial charge is 0.224 e. The minimum Gasteiger partial charge on any atom is -0.326 e. The first-order valence-corrected chi connectivity index (χ1v) is 10.1. The molecule has 4 aliphatic carbocycles. The van der Waals surface area contributed by atoms with Crippen molar-refractivity contribution in [3.63, 3.8) is 0 Å². The summed E-state index contributed by atoms with van der Waals surface area (Å²) in [4.78, 5) is 12.8. The van der Waals surface area contributed by atoms with E-state index >= 15 is 0 Å². The van der Waals surface area contributed by atoms with Crippen molar-refractivity contribution in [1.29, 1.82) is 0 Å². The lowest BCUT2D eigenvalue weighted by Gasteiger charge is -2.60. The van der Waals surface area contributed by atoms with Crippen molar-refractivity contribution >= 4 is 27.5 Å². The Morgan fingerprint density at radius 3 is 2.54 bits per heavy atom. The normalized spacial score (nSPS) is 34.8. The molecule has 7 heteroatoms. The van der Waals surface area contributed by atoms with Gasteiger partial charge in [-0.1, -0.05) is 15.9 Å². The molecule has 1 aromatic heterocycles.